The minimum atomic E-state index is -0.366. The Morgan fingerprint density at radius 3 is 2.63 bits per heavy atom. The molecule has 0 unspecified atom stereocenters. The van der Waals surface area contributed by atoms with Crippen LogP contribution in [0.25, 0.3) is 10.4 Å². The topological polar surface area (TPSA) is 46.6 Å². The van der Waals surface area contributed by atoms with Crippen molar-refractivity contribution in [2.24, 2.45) is 0 Å². The molecule has 0 saturated heterocycles. The first-order valence-electron chi connectivity index (χ1n) is 8.29. The molecule has 1 aromatic heterocycles. The average molecular weight is 420 g/mol. The zero-order valence-corrected chi connectivity index (χ0v) is 17.1. The lowest BCUT2D eigenvalue weighted by atomic mass is 10.2. The third-order valence-corrected chi connectivity index (χ3v) is 5.74. The van der Waals surface area contributed by atoms with Gasteiger partial charge in [-0.25, -0.2) is 4.21 Å². The number of hydrogen-bond donors (Lipinski definition) is 1. The lowest BCUT2D eigenvalue weighted by Crippen LogP contribution is -2.23. The Kier molecular flexibility index (Phi) is 6.66. The monoisotopic (exact) mass is 419 g/mol. The third-order valence-electron chi connectivity index (χ3n) is 3.86. The second-order valence-corrected chi connectivity index (χ2v) is 8.02. The van der Waals surface area contributed by atoms with Gasteiger partial charge in [0.05, 0.1) is 6.42 Å². The van der Waals surface area contributed by atoms with Gasteiger partial charge in [0.2, 0.25) is 0 Å². The van der Waals surface area contributed by atoms with Gasteiger partial charge in [-0.3, -0.25) is 9.10 Å². The van der Waals surface area contributed by atoms with E-state index in [0.717, 1.165) is 21.7 Å². The Morgan fingerprint density at radius 1 is 1.15 bits per heavy atom. The number of halogens is 1. The lowest BCUT2D eigenvalue weighted by molar-refractivity contribution is -0.133. The fourth-order valence-corrected chi connectivity index (χ4v) is 3.93. The number of rotatable bonds is 7. The van der Waals surface area contributed by atoms with Crippen molar-refractivity contribution in [2.45, 2.75) is 13.3 Å². The Morgan fingerprint density at radius 2 is 1.93 bits per heavy atom. The van der Waals surface area contributed by atoms with Gasteiger partial charge in [0, 0.05) is 22.1 Å². The third kappa shape index (κ3) is 5.42. The highest BCUT2D eigenvalue weighted by Crippen LogP contribution is 2.34. The van der Waals surface area contributed by atoms with Gasteiger partial charge < -0.3 is 4.74 Å². The van der Waals surface area contributed by atoms with Crippen LogP contribution in [-0.4, -0.2) is 16.7 Å². The first-order chi connectivity index (χ1) is 13.0. The summed E-state index contributed by atoms with van der Waals surface area (Å²) in [6.45, 7) is 2.29. The average Bonchev–Trinajstić information content (AvgIpc) is 3.12. The van der Waals surface area contributed by atoms with Crippen LogP contribution in [0.1, 0.15) is 12.0 Å². The van der Waals surface area contributed by atoms with Crippen molar-refractivity contribution in [1.82, 2.24) is 0 Å². The molecule has 0 atom stereocenters. The second kappa shape index (κ2) is 9.17. The zero-order valence-electron chi connectivity index (χ0n) is 14.6. The predicted molar refractivity (Wildman–Crippen MR) is 113 cm³/mol. The number of aryl methyl sites for hydroxylation is 1. The molecule has 7 heteroatoms. The minimum absolute atomic E-state index is 0.132. The highest BCUT2D eigenvalue weighted by molar-refractivity contribution is 7.67. The number of nitrogens with zero attached hydrogens (tertiary/aromatic N) is 1. The van der Waals surface area contributed by atoms with E-state index in [9.17, 15) is 9.00 Å². The van der Waals surface area contributed by atoms with Crippen molar-refractivity contribution in [2.75, 3.05) is 10.8 Å². The Bertz CT molecular complexity index is 940. The number of esters is 1. The predicted octanol–water partition coefficient (Wildman–Crippen LogP) is 5.04. The summed E-state index contributed by atoms with van der Waals surface area (Å²) in [7, 11) is 0. The SMILES string of the molecule is Cc1ccc(N(CCC(=O)Oc2ccc(-c3cccc(Cl)c3)s2)[SH]=O)cc1. The maximum absolute atomic E-state index is 12.1. The van der Waals surface area contributed by atoms with Crippen molar-refractivity contribution >= 4 is 46.4 Å². The van der Waals surface area contributed by atoms with E-state index in [-0.39, 0.29) is 24.2 Å². The summed E-state index contributed by atoms with van der Waals surface area (Å²) in [4.78, 5) is 13.1. The molecule has 3 rings (SSSR count). The molecule has 0 bridgehead atoms. The quantitative estimate of drug-likeness (QED) is 0.431. The Balaban J connectivity index is 1.58. The van der Waals surface area contributed by atoms with Gasteiger partial charge in [-0.1, -0.05) is 52.8 Å². The zero-order chi connectivity index (χ0) is 19.2. The van der Waals surface area contributed by atoms with Gasteiger partial charge in [-0.15, -0.1) is 0 Å². The normalized spacial score (nSPS) is 10.6. The summed E-state index contributed by atoms with van der Waals surface area (Å²) in [5.41, 5.74) is 2.89. The van der Waals surface area contributed by atoms with Crippen LogP contribution in [0.3, 0.4) is 0 Å². The van der Waals surface area contributed by atoms with Crippen molar-refractivity contribution < 1.29 is 13.7 Å². The molecule has 0 aliphatic heterocycles. The van der Waals surface area contributed by atoms with Crippen LogP contribution in [-0.2, 0) is 16.6 Å². The van der Waals surface area contributed by atoms with Crippen molar-refractivity contribution in [1.29, 1.82) is 0 Å². The van der Waals surface area contributed by atoms with Crippen molar-refractivity contribution in [3.8, 4) is 15.5 Å². The highest BCUT2D eigenvalue weighted by atomic mass is 35.5. The van der Waals surface area contributed by atoms with Gasteiger partial charge in [0.15, 0.2) is 5.06 Å². The van der Waals surface area contributed by atoms with E-state index >= 15 is 0 Å². The molecular formula is C20H18ClNO3S2. The van der Waals surface area contributed by atoms with Crippen molar-refractivity contribution in [3.63, 3.8) is 0 Å². The van der Waals surface area contributed by atoms with E-state index in [1.807, 2.05) is 61.5 Å². The van der Waals surface area contributed by atoms with Crippen LogP contribution in [0.15, 0.2) is 60.7 Å². The van der Waals surface area contributed by atoms with Crippen molar-refractivity contribution in [3.05, 3.63) is 71.2 Å². The standard InChI is InChI=1S/C20H18ClNO3S2/c1-14-5-7-17(8-6-14)22(27-24)12-11-19(23)25-20-10-9-18(26-20)15-3-2-4-16(21)13-15/h2-10,13,27H,11-12H2,1H3. The first-order valence-corrected chi connectivity index (χ1v) is 10.2. The molecule has 27 heavy (non-hydrogen) atoms. The Labute approximate surface area is 171 Å². The highest BCUT2D eigenvalue weighted by Gasteiger charge is 2.12. The summed E-state index contributed by atoms with van der Waals surface area (Å²) >= 11 is 7.24. The molecule has 0 radical (unpaired) electrons. The molecule has 0 N–H and O–H groups in total. The van der Waals surface area contributed by atoms with Crippen LogP contribution in [0, 0.1) is 6.92 Å². The summed E-state index contributed by atoms with van der Waals surface area (Å²) in [6, 6.07) is 18.8. The van der Waals surface area contributed by atoms with E-state index in [2.05, 4.69) is 0 Å². The lowest BCUT2D eigenvalue weighted by Gasteiger charge is -2.16. The fraction of sp³-hybridized carbons (Fsp3) is 0.150. The first kappa shape index (κ1) is 19.6. The number of carbonyl (C=O) groups excluding carboxylic acids is 1. The van der Waals surface area contributed by atoms with Gasteiger partial charge in [0.1, 0.15) is 11.9 Å². The Hall–Kier alpha value is -2.15. The van der Waals surface area contributed by atoms with E-state index < -0.39 is 0 Å². The minimum Gasteiger partial charge on any atom is -0.415 e. The van der Waals surface area contributed by atoms with Gasteiger partial charge in [0.25, 0.3) is 0 Å². The number of carbonyl (C=O) groups is 1. The molecule has 4 nitrogen and oxygen atoms in total. The van der Waals surface area contributed by atoms with Crippen LogP contribution in [0.4, 0.5) is 5.69 Å². The largest absolute Gasteiger partial charge is 0.415 e. The summed E-state index contributed by atoms with van der Waals surface area (Å²) in [6.07, 6.45) is 0.132. The smallest absolute Gasteiger partial charge is 0.313 e. The fourth-order valence-electron chi connectivity index (χ4n) is 2.47. The molecule has 140 valence electrons. The maximum Gasteiger partial charge on any atom is 0.313 e. The van der Waals surface area contributed by atoms with E-state index in [1.54, 1.807) is 10.4 Å². The number of ether oxygens (including phenoxy) is 1. The van der Waals surface area contributed by atoms with Crippen LogP contribution < -0.4 is 9.04 Å². The maximum atomic E-state index is 12.1. The number of thiophene rings is 1. The van der Waals surface area contributed by atoms with Crippen LogP contribution in [0.2, 0.25) is 5.02 Å². The summed E-state index contributed by atoms with van der Waals surface area (Å²) in [5.74, 6) is -0.366. The van der Waals surface area contributed by atoms with Gasteiger partial charge in [-0.2, -0.15) is 0 Å². The molecule has 0 aliphatic carbocycles. The molecule has 2 aromatic carbocycles. The number of hydrogen-bond acceptors (Lipinski definition) is 4. The summed E-state index contributed by atoms with van der Waals surface area (Å²) < 4.78 is 18.4. The number of thiol groups is 1. The molecule has 0 aliphatic rings. The van der Waals surface area contributed by atoms with Crippen LogP contribution >= 0.6 is 22.9 Å². The van der Waals surface area contributed by atoms with E-state index in [4.69, 9.17) is 16.3 Å². The van der Waals surface area contributed by atoms with E-state index in [0.29, 0.717) is 16.6 Å². The molecule has 0 spiro atoms. The molecule has 0 fully saturated rings. The van der Waals surface area contributed by atoms with E-state index in [1.165, 1.54) is 11.3 Å². The van der Waals surface area contributed by atoms with Gasteiger partial charge >= 0.3 is 5.97 Å². The van der Waals surface area contributed by atoms with Crippen LogP contribution in [0.5, 0.6) is 5.06 Å². The molecule has 0 amide bonds. The number of anilines is 1. The number of benzene rings is 2. The molecule has 0 saturated carbocycles. The summed E-state index contributed by atoms with van der Waals surface area (Å²) in [5, 5.41) is 1.18. The molecule has 1 heterocycles. The molecule has 3 aromatic rings. The second-order valence-electron chi connectivity index (χ2n) is 5.89. The molecular weight excluding hydrogens is 402 g/mol. The van der Waals surface area contributed by atoms with Gasteiger partial charge in [-0.05, 0) is 48.9 Å².